The van der Waals surface area contributed by atoms with Crippen molar-refractivity contribution in [1.82, 2.24) is 4.90 Å². The van der Waals surface area contributed by atoms with Crippen LogP contribution in [0, 0.1) is 5.82 Å². The van der Waals surface area contributed by atoms with E-state index in [-0.39, 0.29) is 31.0 Å². The number of ether oxygens (including phenoxy) is 2. The molecule has 170 valence electrons. The Kier molecular flexibility index (Phi) is 6.79. The molecule has 0 saturated heterocycles. The second-order valence-electron chi connectivity index (χ2n) is 7.24. The summed E-state index contributed by atoms with van der Waals surface area (Å²) in [6.07, 6.45) is 1.89. The highest BCUT2D eigenvalue weighted by Crippen LogP contribution is 2.41. The van der Waals surface area contributed by atoms with Gasteiger partial charge in [-0.2, -0.15) is 0 Å². The van der Waals surface area contributed by atoms with Crippen LogP contribution in [0.1, 0.15) is 25.5 Å². The Bertz CT molecular complexity index is 1140. The first-order valence-electron chi connectivity index (χ1n) is 10.3. The van der Waals surface area contributed by atoms with Crippen LogP contribution in [0.15, 0.2) is 76.4 Å². The van der Waals surface area contributed by atoms with Gasteiger partial charge in [0.15, 0.2) is 11.8 Å². The Balaban J connectivity index is 1.46. The van der Waals surface area contributed by atoms with Crippen LogP contribution in [0.4, 0.5) is 10.1 Å². The predicted octanol–water partition coefficient (Wildman–Crippen LogP) is 4.61. The Morgan fingerprint density at radius 3 is 2.58 bits per heavy atom. The van der Waals surface area contributed by atoms with Gasteiger partial charge in [-0.15, -0.1) is 0 Å². The van der Waals surface area contributed by atoms with Crippen LogP contribution in [0.25, 0.3) is 0 Å². The number of carbonyl (C=O) groups excluding carboxylic acids is 2. The first kappa shape index (κ1) is 22.6. The molecule has 2 aromatic rings. The van der Waals surface area contributed by atoms with E-state index in [4.69, 9.17) is 9.47 Å². The summed E-state index contributed by atoms with van der Waals surface area (Å²) >= 11 is 1.49. The number of halogens is 1. The molecule has 0 bridgehead atoms. The van der Waals surface area contributed by atoms with E-state index < -0.39 is 5.97 Å². The second-order valence-corrected chi connectivity index (χ2v) is 8.11. The van der Waals surface area contributed by atoms with E-state index in [1.165, 1.54) is 36.0 Å². The average Bonchev–Trinajstić information content (AvgIpc) is 3.27. The van der Waals surface area contributed by atoms with E-state index in [9.17, 15) is 14.0 Å². The lowest BCUT2D eigenvalue weighted by atomic mass is 9.95. The molecular weight excluding hydrogens is 445 g/mol. The third kappa shape index (κ3) is 5.09. The van der Waals surface area contributed by atoms with Gasteiger partial charge in [0.1, 0.15) is 11.6 Å². The van der Waals surface area contributed by atoms with Gasteiger partial charge in [0.25, 0.3) is 5.91 Å². The number of nitrogens with one attached hydrogen (secondary N) is 1. The Labute approximate surface area is 195 Å². The summed E-state index contributed by atoms with van der Waals surface area (Å²) in [5.41, 5.74) is 2.46. The van der Waals surface area contributed by atoms with Gasteiger partial charge >= 0.3 is 5.97 Å². The molecule has 1 atom stereocenters. The quantitative estimate of drug-likeness (QED) is 0.599. The van der Waals surface area contributed by atoms with Crippen LogP contribution in [-0.4, -0.2) is 35.2 Å². The molecule has 33 heavy (non-hydrogen) atoms. The molecule has 2 aromatic carbocycles. The predicted molar refractivity (Wildman–Crippen MR) is 125 cm³/mol. The van der Waals surface area contributed by atoms with E-state index in [1.807, 2.05) is 28.6 Å². The minimum Gasteiger partial charge on any atom is -0.484 e. The number of anilines is 1. The topological polar surface area (TPSA) is 80.2 Å². The van der Waals surface area contributed by atoms with Crippen LogP contribution in [0.2, 0.25) is 0 Å². The zero-order valence-corrected chi connectivity index (χ0v) is 18.9. The molecule has 9 heteroatoms. The Morgan fingerprint density at radius 2 is 1.88 bits per heavy atom. The number of rotatable bonds is 7. The number of allylic oxidation sites excluding steroid dienone is 1. The standard InChI is InChI=1S/C24H22FN3O4S/c1-3-31-23(30)21-15(2)26-24-28(12-13-33-24)22(21)16-4-10-19(11-5-16)32-14-20(29)27-18-8-6-17(25)7-9-18/h4-13,22H,3,14H2,1-2H3,(H,27,29). The van der Waals surface area contributed by atoms with E-state index in [1.54, 1.807) is 26.0 Å². The molecule has 1 amide bonds. The number of thioether (sulfide) groups is 1. The van der Waals surface area contributed by atoms with Crippen molar-refractivity contribution in [1.29, 1.82) is 0 Å². The van der Waals surface area contributed by atoms with E-state index in [0.717, 1.165) is 10.7 Å². The van der Waals surface area contributed by atoms with Crippen molar-refractivity contribution in [3.63, 3.8) is 0 Å². The molecule has 0 spiro atoms. The highest BCUT2D eigenvalue weighted by Gasteiger charge is 2.37. The molecule has 0 fully saturated rings. The van der Waals surface area contributed by atoms with Gasteiger partial charge < -0.3 is 19.7 Å². The zero-order chi connectivity index (χ0) is 23.4. The maximum Gasteiger partial charge on any atom is 0.338 e. The monoisotopic (exact) mass is 467 g/mol. The van der Waals surface area contributed by atoms with Gasteiger partial charge in [-0.1, -0.05) is 23.9 Å². The fourth-order valence-electron chi connectivity index (χ4n) is 3.52. The lowest BCUT2D eigenvalue weighted by Gasteiger charge is -2.33. The number of fused-ring (bicyclic) bond motifs is 1. The van der Waals surface area contributed by atoms with Gasteiger partial charge in [-0.25, -0.2) is 14.2 Å². The number of esters is 1. The Morgan fingerprint density at radius 1 is 1.15 bits per heavy atom. The summed E-state index contributed by atoms with van der Waals surface area (Å²) < 4.78 is 23.8. The maximum absolute atomic E-state index is 13.0. The molecule has 4 rings (SSSR count). The van der Waals surface area contributed by atoms with Crippen molar-refractivity contribution in [3.05, 3.63) is 82.8 Å². The maximum atomic E-state index is 13.0. The first-order valence-corrected chi connectivity index (χ1v) is 11.2. The van der Waals surface area contributed by atoms with E-state index in [2.05, 4.69) is 10.3 Å². The smallest absolute Gasteiger partial charge is 0.338 e. The lowest BCUT2D eigenvalue weighted by Crippen LogP contribution is -2.34. The third-order valence-corrected chi connectivity index (χ3v) is 5.78. The molecule has 2 aliphatic rings. The van der Waals surface area contributed by atoms with Crippen molar-refractivity contribution in [3.8, 4) is 5.75 Å². The molecule has 0 radical (unpaired) electrons. The van der Waals surface area contributed by atoms with Gasteiger partial charge in [0, 0.05) is 11.9 Å². The Hall–Kier alpha value is -3.59. The molecule has 7 nitrogen and oxygen atoms in total. The summed E-state index contributed by atoms with van der Waals surface area (Å²) in [4.78, 5) is 31.3. The van der Waals surface area contributed by atoms with Crippen molar-refractivity contribution in [2.24, 2.45) is 4.99 Å². The minimum absolute atomic E-state index is 0.199. The summed E-state index contributed by atoms with van der Waals surface area (Å²) in [5.74, 6) is -0.630. The molecule has 2 heterocycles. The number of amides is 1. The number of carbonyl (C=O) groups is 2. The van der Waals surface area contributed by atoms with Crippen LogP contribution in [0.5, 0.6) is 5.75 Å². The van der Waals surface area contributed by atoms with E-state index in [0.29, 0.717) is 22.7 Å². The van der Waals surface area contributed by atoms with E-state index >= 15 is 0 Å². The number of amidine groups is 1. The number of hydrogen-bond acceptors (Lipinski definition) is 7. The average molecular weight is 468 g/mol. The zero-order valence-electron chi connectivity index (χ0n) is 18.1. The number of aliphatic imine (C=N–C) groups is 1. The third-order valence-electron chi connectivity index (χ3n) is 5.01. The molecule has 0 aliphatic carbocycles. The minimum atomic E-state index is -0.397. The van der Waals surface area contributed by atoms with Gasteiger partial charge in [0.05, 0.1) is 23.9 Å². The highest BCUT2D eigenvalue weighted by atomic mass is 32.2. The molecule has 1 N–H and O–H groups in total. The van der Waals surface area contributed by atoms with Crippen molar-refractivity contribution in [2.75, 3.05) is 18.5 Å². The van der Waals surface area contributed by atoms with Gasteiger partial charge in [-0.05, 0) is 61.2 Å². The fourth-order valence-corrected chi connectivity index (χ4v) is 4.31. The summed E-state index contributed by atoms with van der Waals surface area (Å²) in [6, 6.07) is 12.3. The lowest BCUT2D eigenvalue weighted by molar-refractivity contribution is -0.139. The second kappa shape index (κ2) is 9.91. The summed E-state index contributed by atoms with van der Waals surface area (Å²) in [6.45, 7) is 3.65. The van der Waals surface area contributed by atoms with Crippen LogP contribution in [0.3, 0.4) is 0 Å². The molecular formula is C24H22FN3O4S. The number of hydrogen-bond donors (Lipinski definition) is 1. The van der Waals surface area contributed by atoms with Gasteiger partial charge in [0.2, 0.25) is 0 Å². The number of benzene rings is 2. The number of nitrogens with zero attached hydrogens (tertiary/aromatic N) is 2. The normalized spacial score (nSPS) is 16.9. The van der Waals surface area contributed by atoms with Crippen molar-refractivity contribution in [2.45, 2.75) is 19.9 Å². The molecule has 1 unspecified atom stereocenters. The van der Waals surface area contributed by atoms with Crippen LogP contribution in [-0.2, 0) is 14.3 Å². The summed E-state index contributed by atoms with van der Waals surface area (Å²) in [5, 5.41) is 5.36. The molecule has 2 aliphatic heterocycles. The fraction of sp³-hybridized carbons (Fsp3) is 0.208. The van der Waals surface area contributed by atoms with Crippen molar-refractivity contribution >= 4 is 34.5 Å². The largest absolute Gasteiger partial charge is 0.484 e. The summed E-state index contributed by atoms with van der Waals surface area (Å²) in [7, 11) is 0. The first-order chi connectivity index (χ1) is 16.0. The van der Waals surface area contributed by atoms with Crippen LogP contribution < -0.4 is 10.1 Å². The highest BCUT2D eigenvalue weighted by molar-refractivity contribution is 8.16. The van der Waals surface area contributed by atoms with Crippen molar-refractivity contribution < 1.29 is 23.5 Å². The van der Waals surface area contributed by atoms with Crippen LogP contribution >= 0.6 is 11.8 Å². The molecule has 0 aromatic heterocycles. The van der Waals surface area contributed by atoms with Gasteiger partial charge in [-0.3, -0.25) is 4.79 Å². The molecule has 0 saturated carbocycles. The SMILES string of the molecule is CCOC(=O)C1=C(C)N=C2SC=CN2C1c1ccc(OCC(=O)Nc2ccc(F)cc2)cc1.